The third kappa shape index (κ3) is 4.20. The minimum absolute atomic E-state index is 0.0158. The lowest BCUT2D eigenvalue weighted by Gasteiger charge is -2.09. The van der Waals surface area contributed by atoms with Crippen LogP contribution in [0.2, 0.25) is 0 Å². The van der Waals surface area contributed by atoms with Crippen molar-refractivity contribution >= 4 is 33.7 Å². The van der Waals surface area contributed by atoms with Gasteiger partial charge in [-0.05, 0) is 67.4 Å². The van der Waals surface area contributed by atoms with Crippen LogP contribution in [-0.2, 0) is 12.8 Å². The Kier molecular flexibility index (Phi) is 5.62. The van der Waals surface area contributed by atoms with E-state index < -0.39 is 0 Å². The number of benzene rings is 1. The van der Waals surface area contributed by atoms with Crippen LogP contribution < -0.4 is 10.3 Å². The van der Waals surface area contributed by atoms with Crippen LogP contribution in [0.4, 0.5) is 0 Å². The molecule has 2 aromatic heterocycles. The Hall–Kier alpha value is -2.40. The van der Waals surface area contributed by atoms with Gasteiger partial charge in [0.1, 0.15) is 16.4 Å². The van der Waals surface area contributed by atoms with Gasteiger partial charge >= 0.3 is 0 Å². The molecule has 0 atom stereocenters. The first-order chi connectivity index (χ1) is 13.6. The molecule has 0 spiro atoms. The number of nitrogens with zero attached hydrogens (tertiary/aromatic N) is 1. The van der Waals surface area contributed by atoms with E-state index in [9.17, 15) is 4.79 Å². The Morgan fingerprint density at radius 2 is 1.96 bits per heavy atom. The monoisotopic (exact) mass is 394 g/mol. The van der Waals surface area contributed by atoms with E-state index in [1.54, 1.807) is 11.3 Å². The Morgan fingerprint density at radius 3 is 2.75 bits per heavy atom. The fraction of sp³-hybridized carbons (Fsp3) is 0.391. The van der Waals surface area contributed by atoms with Crippen LogP contribution in [-0.4, -0.2) is 16.6 Å². The van der Waals surface area contributed by atoms with Crippen molar-refractivity contribution < 1.29 is 4.74 Å². The zero-order valence-corrected chi connectivity index (χ0v) is 17.3. The summed E-state index contributed by atoms with van der Waals surface area (Å²) in [6, 6.07) is 7.99. The first-order valence-electron chi connectivity index (χ1n) is 10.1. The second-order valence-electron chi connectivity index (χ2n) is 7.78. The lowest BCUT2D eigenvalue weighted by atomic mass is 9.97. The number of aromatic nitrogens is 2. The van der Waals surface area contributed by atoms with E-state index in [4.69, 9.17) is 4.74 Å². The molecule has 1 aliphatic rings. The summed E-state index contributed by atoms with van der Waals surface area (Å²) < 4.78 is 5.76. The Morgan fingerprint density at radius 1 is 1.18 bits per heavy atom. The molecule has 0 saturated heterocycles. The van der Waals surface area contributed by atoms with Gasteiger partial charge in [0, 0.05) is 4.88 Å². The van der Waals surface area contributed by atoms with Gasteiger partial charge in [-0.25, -0.2) is 4.98 Å². The molecular weight excluding hydrogens is 368 g/mol. The predicted molar refractivity (Wildman–Crippen MR) is 117 cm³/mol. The van der Waals surface area contributed by atoms with Crippen LogP contribution >= 0.6 is 11.3 Å². The number of H-pyrrole nitrogens is 1. The van der Waals surface area contributed by atoms with Crippen molar-refractivity contribution in [3.8, 4) is 5.75 Å². The zero-order chi connectivity index (χ0) is 19.5. The lowest BCUT2D eigenvalue weighted by molar-refractivity contribution is 0.289. The lowest BCUT2D eigenvalue weighted by Crippen LogP contribution is -2.11. The van der Waals surface area contributed by atoms with Crippen molar-refractivity contribution in [2.24, 2.45) is 5.92 Å². The maximum atomic E-state index is 12.6. The van der Waals surface area contributed by atoms with Gasteiger partial charge in [-0.2, -0.15) is 0 Å². The van der Waals surface area contributed by atoms with Gasteiger partial charge in [-0.1, -0.05) is 32.1 Å². The molecule has 1 N–H and O–H groups in total. The number of hydrogen-bond donors (Lipinski definition) is 1. The van der Waals surface area contributed by atoms with E-state index in [1.165, 1.54) is 16.9 Å². The van der Waals surface area contributed by atoms with E-state index in [2.05, 4.69) is 23.8 Å². The van der Waals surface area contributed by atoms with E-state index in [-0.39, 0.29) is 5.56 Å². The Labute approximate surface area is 169 Å². The van der Waals surface area contributed by atoms with Crippen LogP contribution in [0, 0.1) is 5.92 Å². The fourth-order valence-electron chi connectivity index (χ4n) is 3.52. The van der Waals surface area contributed by atoms with Crippen LogP contribution in [0.5, 0.6) is 5.75 Å². The zero-order valence-electron chi connectivity index (χ0n) is 16.5. The van der Waals surface area contributed by atoms with Gasteiger partial charge in [0.2, 0.25) is 0 Å². The molecule has 3 aromatic rings. The summed E-state index contributed by atoms with van der Waals surface area (Å²) in [5.41, 5.74) is 2.26. The number of aryl methyl sites for hydroxylation is 2. The molecule has 1 aliphatic carbocycles. The molecule has 4 nitrogen and oxygen atoms in total. The largest absolute Gasteiger partial charge is 0.494 e. The molecule has 0 unspecified atom stereocenters. The summed E-state index contributed by atoms with van der Waals surface area (Å²) >= 11 is 1.68. The fourth-order valence-corrected chi connectivity index (χ4v) is 4.79. The highest BCUT2D eigenvalue weighted by Crippen LogP contribution is 2.33. The quantitative estimate of drug-likeness (QED) is 0.604. The molecular formula is C23H26N2O2S. The molecule has 0 saturated carbocycles. The average molecular weight is 395 g/mol. The number of thiophene rings is 1. The average Bonchev–Trinajstić information content (AvgIpc) is 3.06. The number of aromatic amines is 1. The second kappa shape index (κ2) is 8.31. The van der Waals surface area contributed by atoms with Gasteiger partial charge in [0.15, 0.2) is 0 Å². The summed E-state index contributed by atoms with van der Waals surface area (Å²) in [6.45, 7) is 5.12. The van der Waals surface area contributed by atoms with Crippen molar-refractivity contribution in [1.29, 1.82) is 0 Å². The van der Waals surface area contributed by atoms with Crippen molar-refractivity contribution in [2.75, 3.05) is 6.61 Å². The van der Waals surface area contributed by atoms with Gasteiger partial charge < -0.3 is 9.72 Å². The third-order valence-electron chi connectivity index (χ3n) is 5.12. The van der Waals surface area contributed by atoms with Crippen LogP contribution in [0.15, 0.2) is 29.1 Å². The molecule has 146 valence electrons. The molecule has 0 bridgehead atoms. The number of ether oxygens (including phenoxy) is 1. The van der Waals surface area contributed by atoms with Crippen LogP contribution in [0.25, 0.3) is 22.4 Å². The van der Waals surface area contributed by atoms with Crippen molar-refractivity contribution in [3.63, 3.8) is 0 Å². The summed E-state index contributed by atoms with van der Waals surface area (Å²) in [7, 11) is 0. The number of rotatable bonds is 6. The molecule has 5 heteroatoms. The predicted octanol–water partition coefficient (Wildman–Crippen LogP) is 5.46. The summed E-state index contributed by atoms with van der Waals surface area (Å²) in [5, 5.41) is 0.805. The second-order valence-corrected chi connectivity index (χ2v) is 8.86. The minimum atomic E-state index is -0.0158. The minimum Gasteiger partial charge on any atom is -0.494 e. The van der Waals surface area contributed by atoms with Gasteiger partial charge in [-0.3, -0.25) is 4.79 Å². The van der Waals surface area contributed by atoms with E-state index in [0.717, 1.165) is 53.8 Å². The SMILES string of the molecule is CC(C)CCOc1ccc(C=Cc2nc3sc4c(c3c(=O)[nH]2)CCCC4)cc1. The van der Waals surface area contributed by atoms with Crippen LogP contribution in [0.1, 0.15) is 54.9 Å². The Bertz CT molecular complexity index is 1040. The molecule has 0 fully saturated rings. The number of fused-ring (bicyclic) bond motifs is 3. The maximum Gasteiger partial charge on any atom is 0.260 e. The first-order valence-corrected chi connectivity index (χ1v) is 10.9. The van der Waals surface area contributed by atoms with Crippen molar-refractivity contribution in [2.45, 2.75) is 46.0 Å². The Balaban J connectivity index is 1.50. The molecule has 28 heavy (non-hydrogen) atoms. The highest BCUT2D eigenvalue weighted by atomic mass is 32.1. The van der Waals surface area contributed by atoms with Gasteiger partial charge in [-0.15, -0.1) is 11.3 Å². The molecule has 1 aromatic carbocycles. The molecule has 0 aliphatic heterocycles. The first kappa shape index (κ1) is 18.9. The van der Waals surface area contributed by atoms with E-state index in [0.29, 0.717) is 11.7 Å². The number of nitrogens with one attached hydrogen (secondary N) is 1. The van der Waals surface area contributed by atoms with Crippen molar-refractivity contribution in [1.82, 2.24) is 9.97 Å². The molecule has 2 heterocycles. The summed E-state index contributed by atoms with van der Waals surface area (Å²) in [4.78, 5) is 22.4. The highest BCUT2D eigenvalue weighted by molar-refractivity contribution is 7.18. The van der Waals surface area contributed by atoms with Crippen LogP contribution in [0.3, 0.4) is 0 Å². The number of hydrogen-bond acceptors (Lipinski definition) is 4. The van der Waals surface area contributed by atoms with Crippen molar-refractivity contribution in [3.05, 3.63) is 56.4 Å². The van der Waals surface area contributed by atoms with Gasteiger partial charge in [0.25, 0.3) is 5.56 Å². The summed E-state index contributed by atoms with van der Waals surface area (Å²) in [5.74, 6) is 2.13. The third-order valence-corrected chi connectivity index (χ3v) is 6.31. The van der Waals surface area contributed by atoms with E-state index >= 15 is 0 Å². The smallest absolute Gasteiger partial charge is 0.260 e. The van der Waals surface area contributed by atoms with E-state index in [1.807, 2.05) is 36.4 Å². The topological polar surface area (TPSA) is 55.0 Å². The molecule has 0 radical (unpaired) electrons. The molecule has 4 rings (SSSR count). The summed E-state index contributed by atoms with van der Waals surface area (Å²) in [6.07, 6.45) is 9.34. The van der Waals surface area contributed by atoms with Gasteiger partial charge in [0.05, 0.1) is 12.0 Å². The standard InChI is InChI=1S/C23H26N2O2S/c1-15(2)13-14-27-17-10-7-16(8-11-17)9-12-20-24-22(26)21-18-5-3-4-6-19(18)28-23(21)25-20/h7-12,15H,3-6,13-14H2,1-2H3,(H,24,25,26). The molecule has 0 amide bonds. The highest BCUT2D eigenvalue weighted by Gasteiger charge is 2.19. The normalized spacial score (nSPS) is 14.1. The maximum absolute atomic E-state index is 12.6.